The van der Waals surface area contributed by atoms with Crippen LogP contribution in [-0.2, 0) is 0 Å². The lowest BCUT2D eigenvalue weighted by molar-refractivity contribution is 0.102. The Kier molecular flexibility index (Phi) is 3.27. The number of carbonyl (C=O) groups is 1. The topological polar surface area (TPSA) is 68.5 Å². The van der Waals surface area contributed by atoms with Crippen molar-refractivity contribution in [2.45, 2.75) is 6.92 Å². The molecule has 3 aromatic heterocycles. The van der Waals surface area contributed by atoms with Gasteiger partial charge in [0.1, 0.15) is 11.3 Å². The first-order valence-corrected chi connectivity index (χ1v) is 6.44. The molecule has 0 unspecified atom stereocenters. The summed E-state index contributed by atoms with van der Waals surface area (Å²) in [6.07, 6.45) is 3.29. The van der Waals surface area contributed by atoms with Crippen molar-refractivity contribution in [3.63, 3.8) is 0 Å². The highest BCUT2D eigenvalue weighted by Crippen LogP contribution is 2.20. The van der Waals surface area contributed by atoms with E-state index in [1.165, 1.54) is 7.11 Å². The Balaban J connectivity index is 1.92. The average Bonchev–Trinajstić information content (AvgIpc) is 2.93. The van der Waals surface area contributed by atoms with Gasteiger partial charge in [0.25, 0.3) is 5.91 Å². The molecule has 0 aliphatic rings. The fraction of sp³-hybridized carbons (Fsp3) is 0.133. The van der Waals surface area contributed by atoms with Crippen LogP contribution in [0, 0.1) is 6.92 Å². The molecule has 0 radical (unpaired) electrons. The molecule has 0 saturated heterocycles. The molecule has 21 heavy (non-hydrogen) atoms. The van der Waals surface area contributed by atoms with Crippen molar-refractivity contribution in [3.8, 4) is 5.75 Å². The first kappa shape index (κ1) is 13.1. The molecule has 0 aliphatic carbocycles. The van der Waals surface area contributed by atoms with Gasteiger partial charge in [0.15, 0.2) is 11.6 Å². The Labute approximate surface area is 121 Å². The summed E-state index contributed by atoms with van der Waals surface area (Å²) in [7, 11) is 1.53. The number of carbonyl (C=O) groups excluding carboxylic acids is 1. The number of anilines is 1. The van der Waals surface area contributed by atoms with E-state index in [4.69, 9.17) is 4.74 Å². The lowest BCUT2D eigenvalue weighted by Gasteiger charge is -2.06. The molecule has 0 aromatic carbocycles. The Bertz CT molecular complexity index is 810. The number of methoxy groups -OCH3 is 1. The number of ether oxygens (including phenoxy) is 1. The molecule has 0 saturated carbocycles. The van der Waals surface area contributed by atoms with Gasteiger partial charge in [-0.25, -0.2) is 9.97 Å². The van der Waals surface area contributed by atoms with Crippen LogP contribution in [0.4, 0.5) is 5.82 Å². The maximum Gasteiger partial charge on any atom is 0.277 e. The SMILES string of the molecule is COc1cccnc1NC(=O)c1cn2c(C)cccc2n1. The Morgan fingerprint density at radius 3 is 2.90 bits per heavy atom. The summed E-state index contributed by atoms with van der Waals surface area (Å²) < 4.78 is 7.02. The first-order chi connectivity index (χ1) is 10.2. The van der Waals surface area contributed by atoms with Gasteiger partial charge in [-0.3, -0.25) is 4.79 Å². The maximum absolute atomic E-state index is 12.3. The molecule has 106 valence electrons. The second-order valence-electron chi connectivity index (χ2n) is 4.53. The fourth-order valence-electron chi connectivity index (χ4n) is 2.08. The van der Waals surface area contributed by atoms with E-state index in [1.54, 1.807) is 24.5 Å². The lowest BCUT2D eigenvalue weighted by atomic mass is 10.4. The van der Waals surface area contributed by atoms with E-state index in [0.29, 0.717) is 17.3 Å². The quantitative estimate of drug-likeness (QED) is 0.800. The van der Waals surface area contributed by atoms with Gasteiger partial charge < -0.3 is 14.5 Å². The van der Waals surface area contributed by atoms with Crippen molar-refractivity contribution in [1.82, 2.24) is 14.4 Å². The molecule has 3 heterocycles. The normalized spacial score (nSPS) is 10.6. The molecule has 0 fully saturated rings. The molecule has 1 N–H and O–H groups in total. The van der Waals surface area contributed by atoms with E-state index in [0.717, 1.165) is 11.3 Å². The van der Waals surface area contributed by atoms with E-state index in [9.17, 15) is 4.79 Å². The molecule has 1 amide bonds. The fourth-order valence-corrected chi connectivity index (χ4v) is 2.08. The summed E-state index contributed by atoms with van der Waals surface area (Å²) in [5, 5.41) is 2.71. The Morgan fingerprint density at radius 2 is 2.14 bits per heavy atom. The van der Waals surface area contributed by atoms with E-state index in [1.807, 2.05) is 29.5 Å². The Hall–Kier alpha value is -2.89. The number of hydrogen-bond acceptors (Lipinski definition) is 4. The first-order valence-electron chi connectivity index (χ1n) is 6.44. The molecule has 0 atom stereocenters. The van der Waals surface area contributed by atoms with Crippen LogP contribution in [0.3, 0.4) is 0 Å². The van der Waals surface area contributed by atoms with E-state index in [-0.39, 0.29) is 5.91 Å². The minimum Gasteiger partial charge on any atom is -0.493 e. The number of aryl methyl sites for hydroxylation is 1. The van der Waals surface area contributed by atoms with Crippen molar-refractivity contribution >= 4 is 17.4 Å². The van der Waals surface area contributed by atoms with Gasteiger partial charge in [-0.15, -0.1) is 0 Å². The number of rotatable bonds is 3. The van der Waals surface area contributed by atoms with Gasteiger partial charge in [0, 0.05) is 18.1 Å². The maximum atomic E-state index is 12.3. The smallest absolute Gasteiger partial charge is 0.277 e. The van der Waals surface area contributed by atoms with E-state index in [2.05, 4.69) is 15.3 Å². The lowest BCUT2D eigenvalue weighted by Crippen LogP contribution is -2.14. The summed E-state index contributed by atoms with van der Waals surface area (Å²) in [5.41, 5.74) is 2.07. The molecule has 3 aromatic rings. The van der Waals surface area contributed by atoms with Crippen LogP contribution < -0.4 is 10.1 Å². The molecular formula is C15H14N4O2. The number of hydrogen-bond donors (Lipinski definition) is 1. The number of nitrogens with zero attached hydrogens (tertiary/aromatic N) is 3. The minimum absolute atomic E-state index is 0.324. The summed E-state index contributed by atoms with van der Waals surface area (Å²) >= 11 is 0. The van der Waals surface area contributed by atoms with E-state index < -0.39 is 0 Å². The molecule has 3 rings (SSSR count). The van der Waals surface area contributed by atoms with Crippen LogP contribution in [0.5, 0.6) is 5.75 Å². The van der Waals surface area contributed by atoms with Crippen LogP contribution in [0.15, 0.2) is 42.7 Å². The molecule has 0 spiro atoms. The molecule has 0 bridgehead atoms. The van der Waals surface area contributed by atoms with Crippen LogP contribution in [0.25, 0.3) is 5.65 Å². The summed E-state index contributed by atoms with van der Waals surface area (Å²) in [5.74, 6) is 0.555. The predicted octanol–water partition coefficient (Wildman–Crippen LogP) is 2.30. The van der Waals surface area contributed by atoms with Crippen molar-refractivity contribution in [2.24, 2.45) is 0 Å². The third-order valence-corrected chi connectivity index (χ3v) is 3.15. The van der Waals surface area contributed by atoms with Crippen LogP contribution in [-0.4, -0.2) is 27.4 Å². The standard InChI is InChI=1S/C15H14N4O2/c1-10-5-3-7-13-17-11(9-19(10)13)15(20)18-14-12(21-2)6-4-8-16-14/h3-9H,1-2H3,(H,16,18,20). The molecule has 0 aliphatic heterocycles. The summed E-state index contributed by atoms with van der Waals surface area (Å²) in [4.78, 5) is 20.7. The third kappa shape index (κ3) is 2.43. The van der Waals surface area contributed by atoms with Crippen LogP contribution in [0.2, 0.25) is 0 Å². The largest absolute Gasteiger partial charge is 0.493 e. The van der Waals surface area contributed by atoms with Crippen LogP contribution in [0.1, 0.15) is 16.2 Å². The number of fused-ring (bicyclic) bond motifs is 1. The van der Waals surface area contributed by atoms with Gasteiger partial charge in [-0.05, 0) is 31.2 Å². The molecule has 6 nitrogen and oxygen atoms in total. The highest BCUT2D eigenvalue weighted by molar-refractivity contribution is 6.03. The van der Waals surface area contributed by atoms with E-state index >= 15 is 0 Å². The molecule has 6 heteroatoms. The number of aromatic nitrogens is 3. The third-order valence-electron chi connectivity index (χ3n) is 3.15. The van der Waals surface area contributed by atoms with Crippen molar-refractivity contribution in [1.29, 1.82) is 0 Å². The monoisotopic (exact) mass is 282 g/mol. The van der Waals surface area contributed by atoms with Gasteiger partial charge >= 0.3 is 0 Å². The highest BCUT2D eigenvalue weighted by Gasteiger charge is 2.14. The van der Waals surface area contributed by atoms with Gasteiger partial charge in [0.05, 0.1) is 7.11 Å². The second-order valence-corrected chi connectivity index (χ2v) is 4.53. The average molecular weight is 282 g/mol. The van der Waals surface area contributed by atoms with Gasteiger partial charge in [-0.2, -0.15) is 0 Å². The van der Waals surface area contributed by atoms with Crippen molar-refractivity contribution in [3.05, 3.63) is 54.1 Å². The van der Waals surface area contributed by atoms with Crippen molar-refractivity contribution in [2.75, 3.05) is 12.4 Å². The minimum atomic E-state index is -0.324. The van der Waals surface area contributed by atoms with Crippen molar-refractivity contribution < 1.29 is 9.53 Å². The number of nitrogens with one attached hydrogen (secondary N) is 1. The Morgan fingerprint density at radius 1 is 1.29 bits per heavy atom. The number of amides is 1. The van der Waals surface area contributed by atoms with Gasteiger partial charge in [-0.1, -0.05) is 6.07 Å². The highest BCUT2D eigenvalue weighted by atomic mass is 16.5. The molecular weight excluding hydrogens is 268 g/mol. The number of pyridine rings is 2. The zero-order valence-electron chi connectivity index (χ0n) is 11.7. The van der Waals surface area contributed by atoms with Crippen LogP contribution >= 0.6 is 0 Å². The summed E-state index contributed by atoms with van der Waals surface area (Å²) in [6.45, 7) is 1.96. The number of imidazole rings is 1. The summed E-state index contributed by atoms with van der Waals surface area (Å²) in [6, 6.07) is 9.18. The predicted molar refractivity (Wildman–Crippen MR) is 78.7 cm³/mol. The van der Waals surface area contributed by atoms with Gasteiger partial charge in [0.2, 0.25) is 0 Å². The zero-order valence-corrected chi connectivity index (χ0v) is 11.7. The zero-order chi connectivity index (χ0) is 14.8. The second kappa shape index (κ2) is 5.24.